The van der Waals surface area contributed by atoms with E-state index in [1.165, 1.54) is 7.11 Å². The Morgan fingerprint density at radius 3 is 2.16 bits per heavy atom. The molecule has 6 nitrogen and oxygen atoms in total. The van der Waals surface area contributed by atoms with Gasteiger partial charge >= 0.3 is 5.97 Å². The molecule has 0 saturated heterocycles. The van der Waals surface area contributed by atoms with Gasteiger partial charge in [-0.25, -0.2) is 0 Å². The Morgan fingerprint density at radius 2 is 1.64 bits per heavy atom. The van der Waals surface area contributed by atoms with E-state index in [4.69, 9.17) is 0 Å². The van der Waals surface area contributed by atoms with Gasteiger partial charge in [0.25, 0.3) is 11.8 Å². The van der Waals surface area contributed by atoms with Crippen molar-refractivity contribution in [1.82, 2.24) is 4.90 Å². The average molecular weight is 343 g/mol. The van der Waals surface area contributed by atoms with Crippen molar-refractivity contribution in [3.8, 4) is 0 Å². The van der Waals surface area contributed by atoms with Gasteiger partial charge in [-0.3, -0.25) is 24.1 Å². The van der Waals surface area contributed by atoms with Crippen LogP contribution in [0, 0.1) is 5.92 Å². The van der Waals surface area contributed by atoms with E-state index in [-0.39, 0.29) is 29.2 Å². The lowest BCUT2D eigenvalue weighted by molar-refractivity contribution is -0.144. The molecule has 1 atom stereocenters. The zero-order valence-electron chi connectivity index (χ0n) is 14.2. The molecule has 1 aromatic carbocycles. The van der Waals surface area contributed by atoms with Gasteiger partial charge in [0.15, 0.2) is 5.78 Å². The van der Waals surface area contributed by atoms with Crippen LogP contribution < -0.4 is 0 Å². The number of nitrogens with zero attached hydrogens (tertiary/aromatic N) is 1. The molecule has 132 valence electrons. The first-order valence-electron chi connectivity index (χ1n) is 8.62. The fourth-order valence-electron chi connectivity index (χ4n) is 3.71. The number of esters is 1. The second-order valence-electron chi connectivity index (χ2n) is 6.56. The third-order valence-electron chi connectivity index (χ3n) is 5.06. The van der Waals surface area contributed by atoms with Gasteiger partial charge in [-0.1, -0.05) is 31.4 Å². The van der Waals surface area contributed by atoms with Crippen molar-refractivity contribution < 1.29 is 23.9 Å². The summed E-state index contributed by atoms with van der Waals surface area (Å²) in [5, 5.41) is 0. The summed E-state index contributed by atoms with van der Waals surface area (Å²) in [5.41, 5.74) is 0.553. The molecule has 2 aliphatic rings. The first kappa shape index (κ1) is 17.3. The van der Waals surface area contributed by atoms with Crippen LogP contribution in [0.15, 0.2) is 24.3 Å². The molecule has 1 heterocycles. The summed E-state index contributed by atoms with van der Waals surface area (Å²) >= 11 is 0. The fraction of sp³-hybridized carbons (Fsp3) is 0.474. The van der Waals surface area contributed by atoms with Crippen LogP contribution >= 0.6 is 0 Å². The van der Waals surface area contributed by atoms with Crippen molar-refractivity contribution in [2.45, 2.75) is 44.6 Å². The van der Waals surface area contributed by atoms with Gasteiger partial charge in [-0.15, -0.1) is 0 Å². The molecule has 6 heteroatoms. The largest absolute Gasteiger partial charge is 0.469 e. The molecule has 1 aliphatic carbocycles. The first-order chi connectivity index (χ1) is 12.0. The number of carbonyl (C=O) groups excluding carboxylic acids is 4. The monoisotopic (exact) mass is 343 g/mol. The van der Waals surface area contributed by atoms with Gasteiger partial charge in [0.1, 0.15) is 6.04 Å². The zero-order valence-corrected chi connectivity index (χ0v) is 14.2. The topological polar surface area (TPSA) is 80.8 Å². The minimum atomic E-state index is -1.09. The molecule has 3 rings (SSSR count). The molecule has 2 amide bonds. The SMILES string of the molecule is COC(=O)C[C@@H](C(=O)C1CCCCC1)N1C(=O)c2ccccc2C1=O. The van der Waals surface area contributed by atoms with Crippen LogP contribution in [0.3, 0.4) is 0 Å². The number of Topliss-reactive ketones (excluding diaryl/α,β-unsaturated/α-hetero) is 1. The van der Waals surface area contributed by atoms with E-state index in [2.05, 4.69) is 4.74 Å². The number of methoxy groups -OCH3 is 1. The summed E-state index contributed by atoms with van der Waals surface area (Å²) in [5.74, 6) is -2.06. The second kappa shape index (κ2) is 7.17. The number of benzene rings is 1. The molecule has 1 saturated carbocycles. The molecule has 0 spiro atoms. The van der Waals surface area contributed by atoms with Gasteiger partial charge in [0.2, 0.25) is 0 Å². The normalized spacial score (nSPS) is 18.8. The third-order valence-corrected chi connectivity index (χ3v) is 5.06. The molecular weight excluding hydrogens is 322 g/mol. The summed E-state index contributed by atoms with van der Waals surface area (Å²) in [6.07, 6.45) is 4.15. The van der Waals surface area contributed by atoms with Gasteiger partial charge in [0, 0.05) is 5.92 Å². The number of ketones is 1. The number of rotatable bonds is 5. The summed E-state index contributed by atoms with van der Waals surface area (Å²) in [4.78, 5) is 51.2. The Kier molecular flexibility index (Phi) is 4.97. The Morgan fingerprint density at radius 1 is 1.08 bits per heavy atom. The van der Waals surface area contributed by atoms with Gasteiger partial charge in [0.05, 0.1) is 24.7 Å². The quantitative estimate of drug-likeness (QED) is 0.606. The van der Waals surface area contributed by atoms with E-state index < -0.39 is 23.8 Å². The van der Waals surface area contributed by atoms with E-state index in [9.17, 15) is 19.2 Å². The highest BCUT2D eigenvalue weighted by molar-refractivity contribution is 6.23. The van der Waals surface area contributed by atoms with Crippen molar-refractivity contribution in [3.05, 3.63) is 35.4 Å². The van der Waals surface area contributed by atoms with Crippen LogP contribution in [0.4, 0.5) is 0 Å². The summed E-state index contributed by atoms with van der Waals surface area (Å²) in [6.45, 7) is 0. The molecule has 0 N–H and O–H groups in total. The van der Waals surface area contributed by atoms with Crippen LogP contribution in [0.1, 0.15) is 59.2 Å². The fourth-order valence-corrected chi connectivity index (χ4v) is 3.71. The van der Waals surface area contributed by atoms with Crippen LogP contribution in [0.25, 0.3) is 0 Å². The number of hydrogen-bond acceptors (Lipinski definition) is 5. The number of amides is 2. The van der Waals surface area contributed by atoms with Crippen LogP contribution in [-0.2, 0) is 14.3 Å². The number of hydrogen-bond donors (Lipinski definition) is 0. The van der Waals surface area contributed by atoms with E-state index in [1.807, 2.05) is 0 Å². The highest BCUT2D eigenvalue weighted by Gasteiger charge is 2.45. The Balaban J connectivity index is 1.92. The van der Waals surface area contributed by atoms with E-state index >= 15 is 0 Å². The second-order valence-corrected chi connectivity index (χ2v) is 6.56. The molecule has 0 aromatic heterocycles. The van der Waals surface area contributed by atoms with Crippen molar-refractivity contribution >= 4 is 23.6 Å². The molecule has 1 aromatic rings. The standard InChI is InChI=1S/C19H21NO5/c1-25-16(21)11-15(17(22)12-7-3-2-4-8-12)20-18(23)13-9-5-6-10-14(13)19(20)24/h5-6,9-10,12,15H,2-4,7-8,11H2,1H3/t15-/m0/s1. The van der Waals surface area contributed by atoms with Crippen LogP contribution in [0.5, 0.6) is 0 Å². The number of fused-ring (bicyclic) bond motifs is 1. The van der Waals surface area contributed by atoms with E-state index in [0.29, 0.717) is 0 Å². The predicted octanol–water partition coefficient (Wildman–Crippen LogP) is 2.36. The Labute approximate surface area is 146 Å². The number of imide groups is 1. The maximum atomic E-state index is 13.0. The number of ether oxygens (including phenoxy) is 1. The highest BCUT2D eigenvalue weighted by atomic mass is 16.5. The molecule has 0 unspecified atom stereocenters. The van der Waals surface area contributed by atoms with Crippen LogP contribution in [0.2, 0.25) is 0 Å². The average Bonchev–Trinajstić information content (AvgIpc) is 2.91. The van der Waals surface area contributed by atoms with Gasteiger partial charge in [-0.05, 0) is 25.0 Å². The van der Waals surface area contributed by atoms with Gasteiger partial charge < -0.3 is 4.74 Å². The lowest BCUT2D eigenvalue weighted by Gasteiger charge is -2.29. The van der Waals surface area contributed by atoms with Crippen LogP contribution in [-0.4, -0.2) is 41.6 Å². The van der Waals surface area contributed by atoms with E-state index in [0.717, 1.165) is 37.0 Å². The summed E-state index contributed by atoms with van der Waals surface area (Å²) in [6, 6.07) is 5.38. The molecular formula is C19H21NO5. The lowest BCUT2D eigenvalue weighted by atomic mass is 9.82. The van der Waals surface area contributed by atoms with Crippen molar-refractivity contribution in [3.63, 3.8) is 0 Å². The lowest BCUT2D eigenvalue weighted by Crippen LogP contribution is -2.48. The zero-order chi connectivity index (χ0) is 18.0. The molecule has 0 bridgehead atoms. The van der Waals surface area contributed by atoms with Crippen molar-refractivity contribution in [2.75, 3.05) is 7.11 Å². The third kappa shape index (κ3) is 3.21. The highest BCUT2D eigenvalue weighted by Crippen LogP contribution is 2.31. The number of carbonyl (C=O) groups is 4. The van der Waals surface area contributed by atoms with Gasteiger partial charge in [-0.2, -0.15) is 0 Å². The first-order valence-corrected chi connectivity index (χ1v) is 8.62. The maximum Gasteiger partial charge on any atom is 0.308 e. The van der Waals surface area contributed by atoms with E-state index in [1.54, 1.807) is 24.3 Å². The molecule has 25 heavy (non-hydrogen) atoms. The Bertz CT molecular complexity index is 685. The predicted molar refractivity (Wildman–Crippen MR) is 88.9 cm³/mol. The van der Waals surface area contributed by atoms with Crippen molar-refractivity contribution in [1.29, 1.82) is 0 Å². The minimum Gasteiger partial charge on any atom is -0.469 e. The molecule has 1 aliphatic heterocycles. The smallest absolute Gasteiger partial charge is 0.308 e. The summed E-state index contributed by atoms with van der Waals surface area (Å²) in [7, 11) is 1.23. The maximum absolute atomic E-state index is 13.0. The molecule has 1 fully saturated rings. The minimum absolute atomic E-state index is 0.209. The Hall–Kier alpha value is -2.50. The summed E-state index contributed by atoms with van der Waals surface area (Å²) < 4.78 is 4.68. The molecule has 0 radical (unpaired) electrons. The van der Waals surface area contributed by atoms with Crippen molar-refractivity contribution in [2.24, 2.45) is 5.92 Å².